The van der Waals surface area contributed by atoms with Gasteiger partial charge in [-0.05, 0) is 18.9 Å². The zero-order chi connectivity index (χ0) is 13.8. The number of hydrogen-bond donors (Lipinski definition) is 1. The van der Waals surface area contributed by atoms with Crippen LogP contribution in [0, 0.1) is 10.1 Å². The van der Waals surface area contributed by atoms with Crippen LogP contribution in [-0.4, -0.2) is 16.9 Å². The number of carbonyl (C=O) groups is 1. The van der Waals surface area contributed by atoms with Crippen LogP contribution >= 0.6 is 11.6 Å². The number of amides is 1. The third-order valence-corrected chi connectivity index (χ3v) is 3.34. The molecule has 0 bridgehead atoms. The van der Waals surface area contributed by atoms with Crippen molar-refractivity contribution in [3.8, 4) is 0 Å². The van der Waals surface area contributed by atoms with Crippen LogP contribution in [0.4, 0.5) is 5.69 Å². The highest BCUT2D eigenvalue weighted by molar-refractivity contribution is 6.34. The number of non-ortho nitro benzene ring substituents is 1. The average molecular weight is 285 g/mol. The lowest BCUT2D eigenvalue weighted by Crippen LogP contribution is -2.28. The summed E-state index contributed by atoms with van der Waals surface area (Å²) >= 11 is 5.84. The zero-order valence-electron chi connectivity index (χ0n) is 10.1. The maximum Gasteiger partial charge on any atom is 0.276 e. The number of nitrogens with one attached hydrogen (secondary N) is 1. The molecule has 1 amide bonds. The summed E-state index contributed by atoms with van der Waals surface area (Å²) in [7, 11) is 0. The van der Waals surface area contributed by atoms with E-state index in [0.29, 0.717) is 0 Å². The van der Waals surface area contributed by atoms with Gasteiger partial charge in [0.25, 0.3) is 11.6 Å². The van der Waals surface area contributed by atoms with Crippen molar-refractivity contribution in [3.63, 3.8) is 0 Å². The number of benzene rings is 1. The summed E-state index contributed by atoms with van der Waals surface area (Å²) in [5.41, 5.74) is 2.34. The number of hydroxylamine groups is 1. The normalized spacial score (nSPS) is 15.4. The second-order valence-corrected chi connectivity index (χ2v) is 4.78. The van der Waals surface area contributed by atoms with E-state index in [2.05, 4.69) is 5.48 Å². The predicted molar refractivity (Wildman–Crippen MR) is 68.9 cm³/mol. The topological polar surface area (TPSA) is 81.5 Å². The summed E-state index contributed by atoms with van der Waals surface area (Å²) in [6, 6.07) is 3.69. The molecule has 0 radical (unpaired) electrons. The molecule has 1 N–H and O–H groups in total. The Hall–Kier alpha value is -1.66. The minimum atomic E-state index is -0.567. The van der Waals surface area contributed by atoms with Crippen molar-refractivity contribution in [2.75, 3.05) is 0 Å². The third kappa shape index (κ3) is 3.42. The molecular weight excluding hydrogens is 272 g/mol. The van der Waals surface area contributed by atoms with Gasteiger partial charge in [0.15, 0.2) is 0 Å². The van der Waals surface area contributed by atoms with Crippen molar-refractivity contribution in [1.29, 1.82) is 0 Å². The van der Waals surface area contributed by atoms with E-state index in [0.717, 1.165) is 31.7 Å². The molecule has 1 fully saturated rings. The fraction of sp³-hybridized carbons (Fsp3) is 0.417. The number of nitro groups is 1. The van der Waals surface area contributed by atoms with Crippen LogP contribution in [0.5, 0.6) is 0 Å². The van der Waals surface area contributed by atoms with E-state index in [9.17, 15) is 14.9 Å². The summed E-state index contributed by atoms with van der Waals surface area (Å²) in [5, 5.41) is 10.6. The Labute approximate surface area is 114 Å². The van der Waals surface area contributed by atoms with Gasteiger partial charge in [-0.25, -0.2) is 5.48 Å². The number of nitrogens with zero attached hydrogens (tertiary/aromatic N) is 1. The Balaban J connectivity index is 2.00. The first-order chi connectivity index (χ1) is 9.08. The molecule has 0 aliphatic heterocycles. The Morgan fingerprint density at radius 1 is 1.42 bits per heavy atom. The van der Waals surface area contributed by atoms with Gasteiger partial charge in [0, 0.05) is 12.1 Å². The number of rotatable bonds is 4. The molecule has 7 heteroatoms. The molecule has 1 saturated carbocycles. The van der Waals surface area contributed by atoms with E-state index in [1.165, 1.54) is 12.1 Å². The fourth-order valence-corrected chi connectivity index (χ4v) is 2.26. The van der Waals surface area contributed by atoms with Gasteiger partial charge in [-0.2, -0.15) is 0 Å². The Morgan fingerprint density at radius 2 is 2.11 bits per heavy atom. The maximum atomic E-state index is 11.8. The quantitative estimate of drug-likeness (QED) is 0.681. The smallest absolute Gasteiger partial charge is 0.270 e. The second kappa shape index (κ2) is 5.99. The molecule has 0 heterocycles. The van der Waals surface area contributed by atoms with E-state index in [1.807, 2.05) is 0 Å². The molecule has 0 saturated heterocycles. The van der Waals surface area contributed by atoms with Crippen molar-refractivity contribution in [2.45, 2.75) is 31.8 Å². The third-order valence-electron chi connectivity index (χ3n) is 3.03. The first-order valence-corrected chi connectivity index (χ1v) is 6.35. The van der Waals surface area contributed by atoms with Crippen molar-refractivity contribution in [1.82, 2.24) is 5.48 Å². The Morgan fingerprint density at radius 3 is 2.68 bits per heavy atom. The van der Waals surface area contributed by atoms with E-state index < -0.39 is 10.8 Å². The molecule has 0 unspecified atom stereocenters. The monoisotopic (exact) mass is 284 g/mol. The second-order valence-electron chi connectivity index (χ2n) is 4.38. The van der Waals surface area contributed by atoms with Gasteiger partial charge < -0.3 is 0 Å². The number of hydrogen-bond acceptors (Lipinski definition) is 4. The van der Waals surface area contributed by atoms with Gasteiger partial charge in [-0.3, -0.25) is 19.7 Å². The van der Waals surface area contributed by atoms with Gasteiger partial charge in [0.2, 0.25) is 0 Å². The standard InChI is InChI=1S/C12H13ClN2O4/c13-11-7-8(15(17)18)5-6-10(11)12(16)14-19-9-3-1-2-4-9/h5-7,9H,1-4H2,(H,14,16). The van der Waals surface area contributed by atoms with Crippen LogP contribution in [0.25, 0.3) is 0 Å². The van der Waals surface area contributed by atoms with Crippen LogP contribution in [0.1, 0.15) is 36.0 Å². The number of halogens is 1. The van der Waals surface area contributed by atoms with Gasteiger partial charge in [0.05, 0.1) is 21.6 Å². The highest BCUT2D eigenvalue weighted by Crippen LogP contribution is 2.23. The summed E-state index contributed by atoms with van der Waals surface area (Å²) in [6.45, 7) is 0. The summed E-state index contributed by atoms with van der Waals surface area (Å²) in [5.74, 6) is -0.494. The van der Waals surface area contributed by atoms with Crippen molar-refractivity contribution in [2.24, 2.45) is 0 Å². The molecule has 102 valence electrons. The molecule has 0 atom stereocenters. The lowest BCUT2D eigenvalue weighted by Gasteiger charge is -2.11. The van der Waals surface area contributed by atoms with Gasteiger partial charge in [-0.15, -0.1) is 0 Å². The molecule has 0 spiro atoms. The molecule has 1 aromatic carbocycles. The molecule has 1 aliphatic rings. The predicted octanol–water partition coefficient (Wildman–Crippen LogP) is 2.85. The van der Waals surface area contributed by atoms with Gasteiger partial charge in [0.1, 0.15) is 0 Å². The van der Waals surface area contributed by atoms with Crippen molar-refractivity contribution >= 4 is 23.2 Å². The van der Waals surface area contributed by atoms with Crippen LogP contribution in [0.15, 0.2) is 18.2 Å². The number of carbonyl (C=O) groups excluding carboxylic acids is 1. The summed E-state index contributed by atoms with van der Waals surface area (Å²) < 4.78 is 0. The molecule has 1 aliphatic carbocycles. The summed E-state index contributed by atoms with van der Waals surface area (Å²) in [4.78, 5) is 27.1. The number of nitro benzene ring substituents is 1. The van der Waals surface area contributed by atoms with Crippen LogP contribution in [0.3, 0.4) is 0 Å². The maximum absolute atomic E-state index is 11.8. The van der Waals surface area contributed by atoms with Crippen molar-refractivity contribution in [3.05, 3.63) is 38.9 Å². The van der Waals surface area contributed by atoms with E-state index in [4.69, 9.17) is 16.4 Å². The zero-order valence-corrected chi connectivity index (χ0v) is 10.9. The van der Waals surface area contributed by atoms with Crippen molar-refractivity contribution < 1.29 is 14.6 Å². The lowest BCUT2D eigenvalue weighted by molar-refractivity contribution is -0.384. The first kappa shape index (κ1) is 13.8. The molecule has 2 rings (SSSR count). The van der Waals surface area contributed by atoms with E-state index in [1.54, 1.807) is 0 Å². The highest BCUT2D eigenvalue weighted by atomic mass is 35.5. The lowest BCUT2D eigenvalue weighted by atomic mass is 10.2. The minimum Gasteiger partial charge on any atom is -0.270 e. The molecular formula is C12H13ClN2O4. The SMILES string of the molecule is O=C(NOC1CCCC1)c1ccc([N+](=O)[O-])cc1Cl. The van der Waals surface area contributed by atoms with Gasteiger partial charge in [-0.1, -0.05) is 24.4 Å². The first-order valence-electron chi connectivity index (χ1n) is 5.98. The average Bonchev–Trinajstić information content (AvgIpc) is 2.88. The van der Waals surface area contributed by atoms with Crippen LogP contribution < -0.4 is 5.48 Å². The summed E-state index contributed by atoms with van der Waals surface area (Å²) in [6.07, 6.45) is 4.08. The molecule has 1 aromatic rings. The molecule has 0 aromatic heterocycles. The highest BCUT2D eigenvalue weighted by Gasteiger charge is 2.19. The largest absolute Gasteiger partial charge is 0.276 e. The van der Waals surface area contributed by atoms with E-state index in [-0.39, 0.29) is 22.4 Å². The van der Waals surface area contributed by atoms with E-state index >= 15 is 0 Å². The fourth-order valence-electron chi connectivity index (χ4n) is 2.00. The van der Waals surface area contributed by atoms with Crippen LogP contribution in [0.2, 0.25) is 5.02 Å². The molecule has 19 heavy (non-hydrogen) atoms. The molecule has 6 nitrogen and oxygen atoms in total. The Bertz CT molecular complexity index is 501. The van der Waals surface area contributed by atoms with Crippen LogP contribution in [-0.2, 0) is 4.84 Å². The van der Waals surface area contributed by atoms with Gasteiger partial charge >= 0.3 is 0 Å². The minimum absolute atomic E-state index is 0.0294. The Kier molecular flexibility index (Phi) is 4.34.